The second kappa shape index (κ2) is 5.77. The van der Waals surface area contributed by atoms with E-state index >= 15 is 0 Å². The molecule has 2 N–H and O–H groups in total. The number of aryl methyl sites for hydroxylation is 1. The van der Waals surface area contributed by atoms with Crippen LogP contribution in [-0.2, 0) is 10.0 Å². The molecule has 0 spiro atoms. The Kier molecular flexibility index (Phi) is 4.63. The first-order valence-corrected chi connectivity index (χ1v) is 6.61. The molecule has 1 rings (SSSR count). The average Bonchev–Trinajstić information content (AvgIpc) is 2.29. The highest BCUT2D eigenvalue weighted by Gasteiger charge is 2.16. The summed E-state index contributed by atoms with van der Waals surface area (Å²) in [5, 5.41) is 17.3. The van der Waals surface area contributed by atoms with Crippen molar-refractivity contribution in [1.82, 2.24) is 4.72 Å². The molecule has 0 aliphatic heterocycles. The van der Waals surface area contributed by atoms with Gasteiger partial charge in [-0.2, -0.15) is 5.26 Å². The molecule has 0 amide bonds. The van der Waals surface area contributed by atoms with E-state index in [-0.39, 0.29) is 18.0 Å². The zero-order valence-electron chi connectivity index (χ0n) is 9.47. The van der Waals surface area contributed by atoms with E-state index in [4.69, 9.17) is 10.4 Å². The Labute approximate surface area is 101 Å². The van der Waals surface area contributed by atoms with Gasteiger partial charge in [-0.05, 0) is 31.0 Å². The summed E-state index contributed by atoms with van der Waals surface area (Å²) in [6.45, 7) is 1.77. The summed E-state index contributed by atoms with van der Waals surface area (Å²) >= 11 is 0. The molecule has 0 aliphatic carbocycles. The van der Waals surface area contributed by atoms with Gasteiger partial charge in [-0.15, -0.1) is 0 Å². The Morgan fingerprint density at radius 1 is 1.47 bits per heavy atom. The minimum absolute atomic E-state index is 0.0697. The maximum Gasteiger partial charge on any atom is 0.240 e. The van der Waals surface area contributed by atoms with E-state index in [1.807, 2.05) is 6.07 Å². The van der Waals surface area contributed by atoms with Crippen LogP contribution in [-0.4, -0.2) is 26.7 Å². The Morgan fingerprint density at radius 2 is 2.18 bits per heavy atom. The van der Waals surface area contributed by atoms with Crippen molar-refractivity contribution in [2.24, 2.45) is 0 Å². The Bertz CT molecular complexity index is 532. The lowest BCUT2D eigenvalue weighted by Gasteiger charge is -2.08. The van der Waals surface area contributed by atoms with Crippen LogP contribution < -0.4 is 4.72 Å². The smallest absolute Gasteiger partial charge is 0.240 e. The summed E-state index contributed by atoms with van der Waals surface area (Å²) < 4.78 is 26.2. The van der Waals surface area contributed by atoms with Crippen LogP contribution in [0, 0.1) is 18.3 Å². The second-order valence-electron chi connectivity index (χ2n) is 3.57. The highest BCUT2D eigenvalue weighted by molar-refractivity contribution is 7.89. The molecular weight excluding hydrogens is 240 g/mol. The van der Waals surface area contributed by atoms with Crippen LogP contribution in [0.3, 0.4) is 0 Å². The van der Waals surface area contributed by atoms with Crippen LogP contribution in [0.4, 0.5) is 0 Å². The third kappa shape index (κ3) is 3.53. The third-order valence-corrected chi connectivity index (χ3v) is 3.84. The lowest BCUT2D eigenvalue weighted by molar-refractivity contribution is 0.289. The van der Waals surface area contributed by atoms with Gasteiger partial charge in [0.25, 0.3) is 0 Å². The molecule has 0 radical (unpaired) electrons. The van der Waals surface area contributed by atoms with Crippen molar-refractivity contribution in [2.45, 2.75) is 18.2 Å². The van der Waals surface area contributed by atoms with Crippen molar-refractivity contribution < 1.29 is 13.5 Å². The predicted octanol–water partition coefficient (Wildman–Crippen LogP) is 0.527. The molecule has 92 valence electrons. The zero-order chi connectivity index (χ0) is 12.9. The molecule has 0 saturated carbocycles. The molecule has 0 aliphatic rings. The quantitative estimate of drug-likeness (QED) is 0.750. The molecule has 0 fully saturated rings. The van der Waals surface area contributed by atoms with E-state index in [2.05, 4.69) is 4.72 Å². The van der Waals surface area contributed by atoms with Crippen molar-refractivity contribution in [1.29, 1.82) is 5.26 Å². The van der Waals surface area contributed by atoms with E-state index in [1.165, 1.54) is 6.07 Å². The summed E-state index contributed by atoms with van der Waals surface area (Å²) in [6.07, 6.45) is 0.357. The Hall–Kier alpha value is -1.42. The number of hydrogen-bond donors (Lipinski definition) is 2. The molecule has 1 aromatic rings. The summed E-state index contributed by atoms with van der Waals surface area (Å²) in [7, 11) is -3.61. The molecule has 0 saturated heterocycles. The fourth-order valence-corrected chi connectivity index (χ4v) is 2.67. The molecule has 0 aromatic heterocycles. The average molecular weight is 254 g/mol. The van der Waals surface area contributed by atoms with E-state index in [1.54, 1.807) is 19.1 Å². The topological polar surface area (TPSA) is 90.2 Å². The summed E-state index contributed by atoms with van der Waals surface area (Å²) in [5.41, 5.74) is 0.888. The summed E-state index contributed by atoms with van der Waals surface area (Å²) in [6, 6.07) is 6.41. The van der Waals surface area contributed by atoms with E-state index in [0.717, 1.165) is 0 Å². The van der Waals surface area contributed by atoms with Gasteiger partial charge in [-0.3, -0.25) is 0 Å². The first-order valence-electron chi connectivity index (χ1n) is 5.12. The molecule has 0 bridgehead atoms. The monoisotopic (exact) mass is 254 g/mol. The maximum atomic E-state index is 11.9. The largest absolute Gasteiger partial charge is 0.396 e. The van der Waals surface area contributed by atoms with Gasteiger partial charge >= 0.3 is 0 Å². The fraction of sp³-hybridized carbons (Fsp3) is 0.364. The zero-order valence-corrected chi connectivity index (χ0v) is 10.3. The SMILES string of the molecule is Cc1ccc(C#N)cc1S(=O)(=O)NCCCO. The van der Waals surface area contributed by atoms with E-state index in [0.29, 0.717) is 17.5 Å². The molecule has 0 atom stereocenters. The first-order chi connectivity index (χ1) is 8.01. The van der Waals surface area contributed by atoms with Crippen LogP contribution in [0.2, 0.25) is 0 Å². The van der Waals surface area contributed by atoms with Crippen LogP contribution in [0.15, 0.2) is 23.1 Å². The van der Waals surface area contributed by atoms with Crippen LogP contribution in [0.5, 0.6) is 0 Å². The van der Waals surface area contributed by atoms with Crippen molar-refractivity contribution in [3.63, 3.8) is 0 Å². The third-order valence-electron chi connectivity index (χ3n) is 2.23. The molecule has 0 heterocycles. The van der Waals surface area contributed by atoms with Gasteiger partial charge in [0.2, 0.25) is 10.0 Å². The van der Waals surface area contributed by atoms with Gasteiger partial charge in [0.15, 0.2) is 0 Å². The van der Waals surface area contributed by atoms with Crippen molar-refractivity contribution >= 4 is 10.0 Å². The first kappa shape index (κ1) is 13.6. The Balaban J connectivity index is 3.02. The highest BCUT2D eigenvalue weighted by atomic mass is 32.2. The number of nitriles is 1. The van der Waals surface area contributed by atoms with Gasteiger partial charge in [0.05, 0.1) is 16.5 Å². The minimum Gasteiger partial charge on any atom is -0.396 e. The molecule has 5 nitrogen and oxygen atoms in total. The van der Waals surface area contributed by atoms with Crippen molar-refractivity contribution in [3.05, 3.63) is 29.3 Å². The second-order valence-corrected chi connectivity index (χ2v) is 5.30. The fourth-order valence-electron chi connectivity index (χ4n) is 1.32. The summed E-state index contributed by atoms with van der Waals surface area (Å²) in [4.78, 5) is 0.106. The predicted molar refractivity (Wildman–Crippen MR) is 62.8 cm³/mol. The molecule has 0 unspecified atom stereocenters. The van der Waals surface area contributed by atoms with Gasteiger partial charge in [0, 0.05) is 13.2 Å². The lowest BCUT2D eigenvalue weighted by atomic mass is 10.2. The maximum absolute atomic E-state index is 11.9. The van der Waals surface area contributed by atoms with Crippen molar-refractivity contribution in [2.75, 3.05) is 13.2 Å². The molecular formula is C11H14N2O3S. The van der Waals surface area contributed by atoms with E-state index < -0.39 is 10.0 Å². The van der Waals surface area contributed by atoms with Gasteiger partial charge < -0.3 is 5.11 Å². The van der Waals surface area contributed by atoms with Crippen LogP contribution in [0.1, 0.15) is 17.5 Å². The number of nitrogens with one attached hydrogen (secondary N) is 1. The number of nitrogens with zero attached hydrogens (tertiary/aromatic N) is 1. The highest BCUT2D eigenvalue weighted by Crippen LogP contribution is 2.16. The number of sulfonamides is 1. The molecule has 17 heavy (non-hydrogen) atoms. The standard InChI is InChI=1S/C11H14N2O3S/c1-9-3-4-10(8-12)7-11(9)17(15,16)13-5-2-6-14/h3-4,7,13-14H,2,5-6H2,1H3. The Morgan fingerprint density at radius 3 is 2.76 bits per heavy atom. The van der Waals surface area contributed by atoms with E-state index in [9.17, 15) is 8.42 Å². The minimum atomic E-state index is -3.61. The van der Waals surface area contributed by atoms with Gasteiger partial charge in [0.1, 0.15) is 0 Å². The normalized spacial score (nSPS) is 11.1. The van der Waals surface area contributed by atoms with Gasteiger partial charge in [-0.1, -0.05) is 6.07 Å². The van der Waals surface area contributed by atoms with Gasteiger partial charge in [-0.25, -0.2) is 13.1 Å². The summed E-state index contributed by atoms with van der Waals surface area (Å²) in [5.74, 6) is 0. The van der Waals surface area contributed by atoms with Crippen LogP contribution in [0.25, 0.3) is 0 Å². The number of aliphatic hydroxyl groups excluding tert-OH is 1. The molecule has 1 aromatic carbocycles. The number of benzene rings is 1. The number of aliphatic hydroxyl groups is 1. The van der Waals surface area contributed by atoms with Crippen LogP contribution >= 0.6 is 0 Å². The lowest BCUT2D eigenvalue weighted by Crippen LogP contribution is -2.26. The number of hydrogen-bond acceptors (Lipinski definition) is 4. The number of rotatable bonds is 5. The molecule has 6 heteroatoms. The van der Waals surface area contributed by atoms with Crippen molar-refractivity contribution in [3.8, 4) is 6.07 Å².